The van der Waals surface area contributed by atoms with E-state index in [-0.39, 0.29) is 0 Å². The second-order valence-corrected chi connectivity index (χ2v) is 11.2. The molecule has 0 spiro atoms. The van der Waals surface area contributed by atoms with Crippen LogP contribution in [0.2, 0.25) is 0 Å². The summed E-state index contributed by atoms with van der Waals surface area (Å²) in [5.41, 5.74) is 7.25. The monoisotopic (exact) mass is 469 g/mol. The molecule has 172 valence electrons. The van der Waals surface area contributed by atoms with Gasteiger partial charge >= 0.3 is 0 Å². The summed E-state index contributed by atoms with van der Waals surface area (Å²) in [6, 6.07) is 32.2. The molecule has 3 aromatic rings. The lowest BCUT2D eigenvalue weighted by Gasteiger charge is -2.37. The normalized spacial score (nSPS) is 14.9. The van der Waals surface area contributed by atoms with Gasteiger partial charge in [0.2, 0.25) is 7.51 Å². The van der Waals surface area contributed by atoms with E-state index in [9.17, 15) is 5.26 Å². The molecule has 0 aromatic heterocycles. The number of benzene rings is 3. The summed E-state index contributed by atoms with van der Waals surface area (Å²) >= 11 is 0. The molecule has 0 saturated heterocycles. The molecule has 7 nitrogen and oxygen atoms in total. The van der Waals surface area contributed by atoms with Crippen molar-refractivity contribution < 1.29 is 0 Å². The summed E-state index contributed by atoms with van der Waals surface area (Å²) in [6.07, 6.45) is 0. The molecule has 1 N–H and O–H groups in total. The Morgan fingerprint density at radius 1 is 0.735 bits per heavy atom. The molecule has 0 saturated carbocycles. The zero-order valence-electron chi connectivity index (χ0n) is 19.8. The fraction of sp³-hybridized carbons (Fsp3) is 0.154. The van der Waals surface area contributed by atoms with Gasteiger partial charge in [-0.1, -0.05) is 66.7 Å². The van der Waals surface area contributed by atoms with Gasteiger partial charge in [0.25, 0.3) is 0 Å². The van der Waals surface area contributed by atoms with Gasteiger partial charge in [0.05, 0.1) is 17.1 Å². The summed E-state index contributed by atoms with van der Waals surface area (Å²) < 4.78 is 14.3. The Bertz CT molecular complexity index is 1240. The van der Waals surface area contributed by atoms with Crippen molar-refractivity contribution in [2.75, 3.05) is 33.2 Å². The maximum atomic E-state index is 10.3. The highest BCUT2D eigenvalue weighted by Gasteiger charge is 2.33. The van der Waals surface area contributed by atoms with E-state index >= 15 is 0 Å². The molecule has 3 aromatic carbocycles. The van der Waals surface area contributed by atoms with Gasteiger partial charge in [-0.15, -0.1) is 0 Å². The van der Waals surface area contributed by atoms with Crippen molar-refractivity contribution in [2.24, 2.45) is 9.51 Å². The topological polar surface area (TPSA) is 70.3 Å². The summed E-state index contributed by atoms with van der Waals surface area (Å²) in [5, 5.41) is 12.2. The minimum absolute atomic E-state index is 0.405. The fourth-order valence-corrected chi connectivity index (χ4v) is 6.11. The number of nitriles is 1. The van der Waals surface area contributed by atoms with Crippen LogP contribution in [0.3, 0.4) is 0 Å². The maximum absolute atomic E-state index is 10.3. The Morgan fingerprint density at radius 2 is 1.21 bits per heavy atom. The van der Waals surface area contributed by atoms with Crippen molar-refractivity contribution in [3.63, 3.8) is 0 Å². The van der Waals surface area contributed by atoms with Gasteiger partial charge in [-0.3, -0.25) is 10.4 Å². The standard InChI is InChI=1S/C26H28N7P/c1-31(2)34(32(3)4)29-25(21-14-8-5-9-15-21)24(20-27)26(30-34)28-33(22-16-10-6-11-17-22)23-18-12-7-13-19-23/h5-19H,1-4H3,(H,28,30). The van der Waals surface area contributed by atoms with Gasteiger partial charge in [-0.2, -0.15) is 10.0 Å². The average Bonchev–Trinajstić information content (AvgIpc) is 2.88. The van der Waals surface area contributed by atoms with Crippen molar-refractivity contribution in [3.05, 3.63) is 102 Å². The number of amidine groups is 1. The predicted octanol–water partition coefficient (Wildman–Crippen LogP) is 5.75. The molecule has 0 atom stereocenters. The molecule has 8 heteroatoms. The Kier molecular flexibility index (Phi) is 6.95. The number of hydrazine groups is 1. The number of nitrogens with zero attached hydrogens (tertiary/aromatic N) is 6. The van der Waals surface area contributed by atoms with E-state index in [0.717, 1.165) is 16.9 Å². The molecule has 0 amide bonds. The van der Waals surface area contributed by atoms with Crippen molar-refractivity contribution in [1.29, 1.82) is 5.26 Å². The molecule has 1 aliphatic heterocycles. The van der Waals surface area contributed by atoms with E-state index < -0.39 is 7.51 Å². The number of anilines is 2. The van der Waals surface area contributed by atoms with Crippen molar-refractivity contribution >= 4 is 30.4 Å². The van der Waals surface area contributed by atoms with E-state index in [1.807, 2.05) is 134 Å². The molecule has 0 radical (unpaired) electrons. The van der Waals surface area contributed by atoms with Crippen LogP contribution in [-0.2, 0) is 0 Å². The lowest BCUT2D eigenvalue weighted by Crippen LogP contribution is -2.41. The van der Waals surface area contributed by atoms with Crippen LogP contribution in [0.15, 0.2) is 106 Å². The Labute approximate surface area is 201 Å². The van der Waals surface area contributed by atoms with E-state index in [2.05, 4.69) is 11.5 Å². The van der Waals surface area contributed by atoms with Crippen LogP contribution in [0, 0.1) is 11.3 Å². The lowest BCUT2D eigenvalue weighted by molar-refractivity contribution is 0.560. The maximum Gasteiger partial charge on any atom is 0.217 e. The van der Waals surface area contributed by atoms with E-state index in [1.54, 1.807) is 0 Å². The minimum atomic E-state index is -2.52. The third kappa shape index (κ3) is 4.52. The first-order chi connectivity index (χ1) is 16.5. The van der Waals surface area contributed by atoms with Crippen molar-refractivity contribution in [2.45, 2.75) is 0 Å². The van der Waals surface area contributed by atoms with Gasteiger partial charge in [0.1, 0.15) is 11.6 Å². The summed E-state index contributed by atoms with van der Waals surface area (Å²) in [4.78, 5) is 0. The molecule has 1 aliphatic rings. The molecule has 0 fully saturated rings. The van der Waals surface area contributed by atoms with Gasteiger partial charge < -0.3 is 0 Å². The first kappa shape index (κ1) is 23.5. The fourth-order valence-electron chi connectivity index (χ4n) is 3.74. The van der Waals surface area contributed by atoms with Gasteiger partial charge in [0.15, 0.2) is 5.84 Å². The predicted molar refractivity (Wildman–Crippen MR) is 141 cm³/mol. The zero-order valence-corrected chi connectivity index (χ0v) is 20.7. The summed E-state index contributed by atoms with van der Waals surface area (Å²) in [5.74, 6) is 0.486. The first-order valence-electron chi connectivity index (χ1n) is 10.9. The highest BCUT2D eigenvalue weighted by molar-refractivity contribution is 7.60. The molecular formula is C26H28N7P. The molecular weight excluding hydrogens is 441 g/mol. The lowest BCUT2D eigenvalue weighted by atomic mass is 10.1. The van der Waals surface area contributed by atoms with Gasteiger partial charge in [-0.25, -0.2) is 14.1 Å². The third-order valence-corrected chi connectivity index (χ3v) is 8.50. The van der Waals surface area contributed by atoms with Crippen LogP contribution < -0.4 is 10.4 Å². The second-order valence-electron chi connectivity index (χ2n) is 8.10. The minimum Gasteiger partial charge on any atom is -0.276 e. The summed E-state index contributed by atoms with van der Waals surface area (Å²) in [7, 11) is 5.39. The smallest absolute Gasteiger partial charge is 0.217 e. The molecule has 4 rings (SSSR count). The number of para-hydroxylation sites is 2. The molecule has 0 aliphatic carbocycles. The molecule has 1 heterocycles. The largest absolute Gasteiger partial charge is 0.276 e. The van der Waals surface area contributed by atoms with Crippen LogP contribution in [0.25, 0.3) is 5.70 Å². The number of hydrogen-bond donors (Lipinski definition) is 1. The third-order valence-electron chi connectivity index (χ3n) is 5.42. The van der Waals surface area contributed by atoms with Crippen molar-refractivity contribution in [3.8, 4) is 6.07 Å². The molecule has 0 bridgehead atoms. The van der Waals surface area contributed by atoms with Crippen LogP contribution in [0.5, 0.6) is 0 Å². The van der Waals surface area contributed by atoms with Gasteiger partial charge in [0, 0.05) is 5.56 Å². The van der Waals surface area contributed by atoms with E-state index in [4.69, 9.17) is 9.51 Å². The number of rotatable bonds is 6. The van der Waals surface area contributed by atoms with Gasteiger partial charge in [-0.05, 0) is 52.5 Å². The average molecular weight is 470 g/mol. The number of hydrogen-bond acceptors (Lipinski definition) is 7. The SMILES string of the molecule is CN(C)P1(N(C)C)=NC(c2ccccc2)=C(C#N)C(NN(c2ccccc2)c2ccccc2)=N1. The van der Waals surface area contributed by atoms with Crippen LogP contribution in [0.4, 0.5) is 11.4 Å². The van der Waals surface area contributed by atoms with Crippen LogP contribution in [0.1, 0.15) is 5.56 Å². The first-order valence-corrected chi connectivity index (χ1v) is 12.5. The highest BCUT2D eigenvalue weighted by atomic mass is 31.2. The number of nitrogens with one attached hydrogen (secondary N) is 1. The Morgan fingerprint density at radius 3 is 1.65 bits per heavy atom. The molecule has 0 unspecified atom stereocenters. The second kappa shape index (κ2) is 10.1. The zero-order chi connectivity index (χ0) is 24.1. The van der Waals surface area contributed by atoms with E-state index in [0.29, 0.717) is 17.1 Å². The Balaban J connectivity index is 1.94. The van der Waals surface area contributed by atoms with Crippen LogP contribution >= 0.6 is 7.51 Å². The highest BCUT2D eigenvalue weighted by Crippen LogP contribution is 2.59. The Hall–Kier alpha value is -3.69. The quantitative estimate of drug-likeness (QED) is 0.368. The van der Waals surface area contributed by atoms with Crippen molar-refractivity contribution in [1.82, 2.24) is 14.8 Å². The molecule has 34 heavy (non-hydrogen) atoms. The van der Waals surface area contributed by atoms with E-state index in [1.165, 1.54) is 0 Å². The summed E-state index contributed by atoms with van der Waals surface area (Å²) in [6.45, 7) is 0. The van der Waals surface area contributed by atoms with Crippen LogP contribution in [-0.4, -0.2) is 43.4 Å².